The second kappa shape index (κ2) is 10.0. The number of hydrogen-bond acceptors (Lipinski definition) is 2. The van der Waals surface area contributed by atoms with E-state index in [2.05, 4.69) is 181 Å². The molecule has 2 heteroatoms. The van der Waals surface area contributed by atoms with E-state index >= 15 is 0 Å². The third-order valence-electron chi connectivity index (χ3n) is 10.8. The minimum Gasteiger partial charge on any atom is -0.309 e. The molecule has 0 radical (unpaired) electrons. The van der Waals surface area contributed by atoms with Gasteiger partial charge in [0.2, 0.25) is 0 Å². The van der Waals surface area contributed by atoms with Crippen LogP contribution in [0.5, 0.6) is 0 Å². The molecule has 1 heterocycles. The average molecular weight is 640 g/mol. The van der Waals surface area contributed by atoms with E-state index in [-0.39, 0.29) is 0 Å². The highest BCUT2D eigenvalue weighted by atomic mass is 32.1. The standard InChI is InChI=1S/C47H29NS/c1-2-15-32(16-3-1)48(44-23-12-20-38-37-19-8-11-24-45(37)49-46(38)44)33-25-26-36-34-17-6-9-21-40(34)47(43(36)29-33)41-22-10-7-18-35(41)39-27-30-13-4-5-14-31(30)28-42(39)47/h1-29H. The summed E-state index contributed by atoms with van der Waals surface area (Å²) < 4.78 is 2.61. The molecule has 1 unspecified atom stereocenters. The van der Waals surface area contributed by atoms with Crippen LogP contribution < -0.4 is 4.90 Å². The summed E-state index contributed by atoms with van der Waals surface area (Å²) in [6.45, 7) is 0. The van der Waals surface area contributed by atoms with Gasteiger partial charge in [0.25, 0.3) is 0 Å². The lowest BCUT2D eigenvalue weighted by Gasteiger charge is -2.32. The lowest BCUT2D eigenvalue weighted by molar-refractivity contribution is 0.795. The van der Waals surface area contributed by atoms with Gasteiger partial charge in [-0.3, -0.25) is 0 Å². The Morgan fingerprint density at radius 3 is 1.82 bits per heavy atom. The maximum absolute atomic E-state index is 2.50. The Balaban J connectivity index is 1.23. The molecule has 228 valence electrons. The zero-order valence-electron chi connectivity index (χ0n) is 26.6. The zero-order valence-corrected chi connectivity index (χ0v) is 27.4. The molecule has 1 spiro atoms. The number of benzene rings is 8. The monoisotopic (exact) mass is 639 g/mol. The number of para-hydroxylation sites is 1. The number of hydrogen-bond donors (Lipinski definition) is 0. The van der Waals surface area contributed by atoms with E-state index in [0.717, 1.165) is 11.4 Å². The Morgan fingerprint density at radius 1 is 0.388 bits per heavy atom. The van der Waals surface area contributed by atoms with Crippen molar-refractivity contribution in [2.75, 3.05) is 4.90 Å². The molecular weight excluding hydrogens is 611 g/mol. The summed E-state index contributed by atoms with van der Waals surface area (Å²) in [5, 5.41) is 5.17. The fraction of sp³-hybridized carbons (Fsp3) is 0.0213. The molecule has 0 bridgehead atoms. The van der Waals surface area contributed by atoms with E-state index in [4.69, 9.17) is 0 Å². The van der Waals surface area contributed by atoms with Crippen LogP contribution in [0.15, 0.2) is 176 Å². The van der Waals surface area contributed by atoms with Crippen molar-refractivity contribution in [2.45, 2.75) is 5.41 Å². The van der Waals surface area contributed by atoms with Crippen LogP contribution in [0.1, 0.15) is 22.3 Å². The van der Waals surface area contributed by atoms with Crippen molar-refractivity contribution >= 4 is 59.3 Å². The highest BCUT2D eigenvalue weighted by Crippen LogP contribution is 2.64. The van der Waals surface area contributed by atoms with Gasteiger partial charge in [-0.25, -0.2) is 0 Å². The van der Waals surface area contributed by atoms with Crippen molar-refractivity contribution in [1.82, 2.24) is 0 Å². The molecule has 1 aromatic heterocycles. The van der Waals surface area contributed by atoms with Gasteiger partial charge >= 0.3 is 0 Å². The lowest BCUT2D eigenvalue weighted by atomic mass is 9.70. The first-order valence-corrected chi connectivity index (χ1v) is 17.8. The molecule has 0 fully saturated rings. The summed E-state index contributed by atoms with van der Waals surface area (Å²) in [6, 6.07) is 65.5. The van der Waals surface area contributed by atoms with E-state index in [1.165, 1.54) is 81.1 Å². The number of fused-ring (bicyclic) bond motifs is 14. The number of thiophene rings is 1. The molecule has 0 amide bonds. The second-order valence-electron chi connectivity index (χ2n) is 13.2. The summed E-state index contributed by atoms with van der Waals surface area (Å²) in [4.78, 5) is 2.47. The van der Waals surface area contributed by atoms with E-state index in [1.54, 1.807) is 0 Å². The van der Waals surface area contributed by atoms with Crippen molar-refractivity contribution in [1.29, 1.82) is 0 Å². The molecule has 0 saturated heterocycles. The summed E-state index contributed by atoms with van der Waals surface area (Å²) in [5.74, 6) is 0. The minimum atomic E-state index is -0.427. The second-order valence-corrected chi connectivity index (χ2v) is 14.3. The molecule has 2 aliphatic carbocycles. The van der Waals surface area contributed by atoms with Crippen LogP contribution >= 0.6 is 11.3 Å². The SMILES string of the molecule is c1ccc(N(c2ccc3c(c2)C2(c4ccccc4-3)c3ccccc3-c3cc4ccccc4cc32)c2cccc3c2sc2ccccc23)cc1. The van der Waals surface area contributed by atoms with Crippen molar-refractivity contribution in [3.8, 4) is 22.3 Å². The first-order chi connectivity index (χ1) is 24.3. The smallest absolute Gasteiger partial charge is 0.0726 e. The highest BCUT2D eigenvalue weighted by Gasteiger charge is 2.51. The number of rotatable bonds is 3. The zero-order chi connectivity index (χ0) is 32.1. The Hall–Kier alpha value is -5.96. The molecule has 0 N–H and O–H groups in total. The predicted molar refractivity (Wildman–Crippen MR) is 208 cm³/mol. The van der Waals surface area contributed by atoms with Crippen LogP contribution in [0, 0.1) is 0 Å². The first kappa shape index (κ1) is 27.0. The van der Waals surface area contributed by atoms with E-state index in [0.29, 0.717) is 0 Å². The Morgan fingerprint density at radius 2 is 1.00 bits per heavy atom. The summed E-state index contributed by atoms with van der Waals surface area (Å²) >= 11 is 1.88. The lowest BCUT2D eigenvalue weighted by Crippen LogP contribution is -2.26. The molecule has 1 atom stereocenters. The Bertz CT molecular complexity index is 2790. The van der Waals surface area contributed by atoms with Gasteiger partial charge in [-0.2, -0.15) is 0 Å². The summed E-state index contributed by atoms with van der Waals surface area (Å²) in [5.41, 5.74) is 13.8. The highest BCUT2D eigenvalue weighted by molar-refractivity contribution is 7.26. The number of anilines is 3. The average Bonchev–Trinajstić information content (AvgIpc) is 3.79. The van der Waals surface area contributed by atoms with Gasteiger partial charge in [-0.05, 0) is 104 Å². The molecular formula is C47H29NS. The van der Waals surface area contributed by atoms with Crippen molar-refractivity contribution in [3.63, 3.8) is 0 Å². The normalized spacial score (nSPS) is 15.4. The van der Waals surface area contributed by atoms with Gasteiger partial charge in [0.15, 0.2) is 0 Å². The molecule has 0 saturated carbocycles. The molecule has 0 aliphatic heterocycles. The predicted octanol–water partition coefficient (Wildman–Crippen LogP) is 13.0. The van der Waals surface area contributed by atoms with Gasteiger partial charge in [0, 0.05) is 26.8 Å². The van der Waals surface area contributed by atoms with E-state index in [9.17, 15) is 0 Å². The molecule has 2 aliphatic rings. The molecule has 49 heavy (non-hydrogen) atoms. The number of nitrogens with zero attached hydrogens (tertiary/aromatic N) is 1. The van der Waals surface area contributed by atoms with Crippen molar-refractivity contribution in [2.24, 2.45) is 0 Å². The third kappa shape index (κ3) is 3.59. The topological polar surface area (TPSA) is 3.24 Å². The quantitative estimate of drug-likeness (QED) is 0.186. The van der Waals surface area contributed by atoms with Crippen molar-refractivity contribution in [3.05, 3.63) is 198 Å². The largest absolute Gasteiger partial charge is 0.309 e. The molecule has 1 nitrogen and oxygen atoms in total. The fourth-order valence-corrected chi connectivity index (χ4v) is 10.1. The van der Waals surface area contributed by atoms with Crippen molar-refractivity contribution < 1.29 is 0 Å². The summed E-state index contributed by atoms with van der Waals surface area (Å²) in [7, 11) is 0. The van der Waals surface area contributed by atoms with Gasteiger partial charge in [-0.15, -0.1) is 11.3 Å². The molecule has 11 rings (SSSR count). The third-order valence-corrected chi connectivity index (χ3v) is 12.0. The van der Waals surface area contributed by atoms with E-state index in [1.807, 2.05) is 11.3 Å². The summed E-state index contributed by atoms with van der Waals surface area (Å²) in [6.07, 6.45) is 0. The van der Waals surface area contributed by atoms with Crippen LogP contribution in [-0.4, -0.2) is 0 Å². The van der Waals surface area contributed by atoms with Gasteiger partial charge in [0.1, 0.15) is 0 Å². The van der Waals surface area contributed by atoms with Crippen LogP contribution in [0.2, 0.25) is 0 Å². The maximum atomic E-state index is 2.50. The van der Waals surface area contributed by atoms with E-state index < -0.39 is 5.41 Å². The Kier molecular flexibility index (Phi) is 5.53. The Labute approximate surface area is 289 Å². The van der Waals surface area contributed by atoms with Gasteiger partial charge in [0.05, 0.1) is 15.8 Å². The van der Waals surface area contributed by atoms with Gasteiger partial charge < -0.3 is 4.90 Å². The van der Waals surface area contributed by atoms with Crippen LogP contribution in [0.4, 0.5) is 17.1 Å². The van der Waals surface area contributed by atoms with Crippen LogP contribution in [0.3, 0.4) is 0 Å². The van der Waals surface area contributed by atoms with Gasteiger partial charge in [-0.1, -0.05) is 127 Å². The fourth-order valence-electron chi connectivity index (χ4n) is 8.86. The maximum Gasteiger partial charge on any atom is 0.0726 e. The van der Waals surface area contributed by atoms with Crippen LogP contribution in [0.25, 0.3) is 53.2 Å². The van der Waals surface area contributed by atoms with Crippen LogP contribution in [-0.2, 0) is 5.41 Å². The minimum absolute atomic E-state index is 0.427. The first-order valence-electron chi connectivity index (χ1n) is 16.9. The molecule has 9 aromatic rings. The molecule has 8 aromatic carbocycles.